The Morgan fingerprint density at radius 1 is 1.38 bits per heavy atom. The molecule has 134 valence electrons. The molecular weight excluding hydrogens is 322 g/mol. The Kier molecular flexibility index (Phi) is 6.93. The van der Waals surface area contributed by atoms with Gasteiger partial charge >= 0.3 is 0 Å². The maximum absolute atomic E-state index is 6.09. The molecule has 24 heavy (non-hydrogen) atoms. The molecule has 0 saturated carbocycles. The molecule has 2 fully saturated rings. The molecule has 0 aromatic carbocycles. The van der Waals surface area contributed by atoms with E-state index in [0.717, 1.165) is 58.1 Å². The molecule has 1 aromatic rings. The number of piperidine rings is 1. The van der Waals surface area contributed by atoms with E-state index in [1.807, 2.05) is 7.05 Å². The average molecular weight is 352 g/mol. The third kappa shape index (κ3) is 5.19. The number of nitrogens with one attached hydrogen (secondary N) is 1. The fourth-order valence-corrected chi connectivity index (χ4v) is 3.97. The minimum atomic E-state index is 0.317. The molecule has 2 aliphatic heterocycles. The first kappa shape index (κ1) is 17.7. The van der Waals surface area contributed by atoms with E-state index in [4.69, 9.17) is 9.47 Å². The van der Waals surface area contributed by atoms with Gasteiger partial charge in [0.1, 0.15) is 0 Å². The number of guanidine groups is 1. The minimum Gasteiger partial charge on any atom is -0.376 e. The van der Waals surface area contributed by atoms with E-state index in [1.54, 1.807) is 11.3 Å². The zero-order valence-electron chi connectivity index (χ0n) is 14.6. The first-order valence-corrected chi connectivity index (χ1v) is 9.94. The molecule has 1 unspecified atom stereocenters. The Bertz CT molecular complexity index is 492. The molecule has 3 rings (SSSR count). The van der Waals surface area contributed by atoms with Gasteiger partial charge < -0.3 is 19.7 Å². The number of ether oxygens (including phenoxy) is 2. The molecule has 6 heteroatoms. The molecule has 3 heterocycles. The standard InChI is InChI=1S/C18H29N3O2S/c1-19-18(20-13-17-6-4-12-24-17)21-9-7-15(8-10-21)23-14-16-5-2-3-11-22-16/h4,6,12,15-16H,2-3,5,7-11,13-14H2,1H3,(H,19,20). The van der Waals surface area contributed by atoms with Gasteiger partial charge in [-0.05, 0) is 43.6 Å². The van der Waals surface area contributed by atoms with Crippen LogP contribution in [0.15, 0.2) is 22.5 Å². The lowest BCUT2D eigenvalue weighted by molar-refractivity contribution is -0.0721. The van der Waals surface area contributed by atoms with Gasteiger partial charge in [-0.3, -0.25) is 4.99 Å². The number of aliphatic imine (C=N–C) groups is 1. The highest BCUT2D eigenvalue weighted by Crippen LogP contribution is 2.18. The third-order valence-electron chi connectivity index (χ3n) is 4.75. The molecule has 0 bridgehead atoms. The van der Waals surface area contributed by atoms with Gasteiger partial charge in [-0.2, -0.15) is 0 Å². The summed E-state index contributed by atoms with van der Waals surface area (Å²) in [6.07, 6.45) is 6.43. The van der Waals surface area contributed by atoms with Crippen molar-refractivity contribution in [3.8, 4) is 0 Å². The molecule has 0 aliphatic carbocycles. The van der Waals surface area contributed by atoms with Gasteiger partial charge in [0.25, 0.3) is 0 Å². The van der Waals surface area contributed by atoms with E-state index in [9.17, 15) is 0 Å². The lowest BCUT2D eigenvalue weighted by Gasteiger charge is -2.35. The predicted molar refractivity (Wildman–Crippen MR) is 98.7 cm³/mol. The largest absolute Gasteiger partial charge is 0.376 e. The van der Waals surface area contributed by atoms with Crippen LogP contribution in [0, 0.1) is 0 Å². The SMILES string of the molecule is CN=C(NCc1cccs1)N1CCC(OCC2CCCCO2)CC1. The highest BCUT2D eigenvalue weighted by Gasteiger charge is 2.23. The number of hydrogen-bond acceptors (Lipinski definition) is 4. The summed E-state index contributed by atoms with van der Waals surface area (Å²) in [7, 11) is 1.86. The number of nitrogens with zero attached hydrogens (tertiary/aromatic N) is 2. The second kappa shape index (κ2) is 9.39. The van der Waals surface area contributed by atoms with E-state index >= 15 is 0 Å². The van der Waals surface area contributed by atoms with Gasteiger partial charge in [-0.1, -0.05) is 6.07 Å². The molecule has 0 amide bonds. The summed E-state index contributed by atoms with van der Waals surface area (Å²) in [6, 6.07) is 4.24. The molecule has 1 atom stereocenters. The van der Waals surface area contributed by atoms with E-state index in [1.165, 1.54) is 17.7 Å². The quantitative estimate of drug-likeness (QED) is 0.654. The van der Waals surface area contributed by atoms with Gasteiger partial charge in [0.15, 0.2) is 5.96 Å². The second-order valence-electron chi connectivity index (χ2n) is 6.49. The van der Waals surface area contributed by atoms with Gasteiger partial charge in [-0.15, -0.1) is 11.3 Å². The topological polar surface area (TPSA) is 46.1 Å². The number of likely N-dealkylation sites (tertiary alicyclic amines) is 1. The summed E-state index contributed by atoms with van der Waals surface area (Å²) in [4.78, 5) is 8.10. The van der Waals surface area contributed by atoms with Crippen LogP contribution in [0.25, 0.3) is 0 Å². The van der Waals surface area contributed by atoms with Crippen LogP contribution in [0.2, 0.25) is 0 Å². The second-order valence-corrected chi connectivity index (χ2v) is 7.52. The van der Waals surface area contributed by atoms with Crippen LogP contribution in [0.1, 0.15) is 37.0 Å². The van der Waals surface area contributed by atoms with Crippen molar-refractivity contribution in [2.75, 3.05) is 33.4 Å². The zero-order chi connectivity index (χ0) is 16.6. The normalized spacial score (nSPS) is 23.5. The van der Waals surface area contributed by atoms with Crippen molar-refractivity contribution in [3.05, 3.63) is 22.4 Å². The van der Waals surface area contributed by atoms with E-state index in [0.29, 0.717) is 12.2 Å². The molecule has 0 radical (unpaired) electrons. The summed E-state index contributed by atoms with van der Waals surface area (Å²) in [6.45, 7) is 4.51. The van der Waals surface area contributed by atoms with E-state index < -0.39 is 0 Å². The molecule has 1 aromatic heterocycles. The van der Waals surface area contributed by atoms with Crippen molar-refractivity contribution >= 4 is 17.3 Å². The number of rotatable bonds is 5. The summed E-state index contributed by atoms with van der Waals surface area (Å²) in [5.41, 5.74) is 0. The van der Waals surface area contributed by atoms with E-state index in [2.05, 4.69) is 32.7 Å². The molecular formula is C18H29N3O2S. The molecule has 1 N–H and O–H groups in total. The van der Waals surface area contributed by atoms with E-state index in [-0.39, 0.29) is 0 Å². The fourth-order valence-electron chi connectivity index (χ4n) is 3.33. The monoisotopic (exact) mass is 351 g/mol. The highest BCUT2D eigenvalue weighted by atomic mass is 32.1. The summed E-state index contributed by atoms with van der Waals surface area (Å²) >= 11 is 1.77. The molecule has 2 aliphatic rings. The lowest BCUT2D eigenvalue weighted by Crippen LogP contribution is -2.47. The molecule has 5 nitrogen and oxygen atoms in total. The zero-order valence-corrected chi connectivity index (χ0v) is 15.4. The van der Waals surface area contributed by atoms with Crippen LogP contribution >= 0.6 is 11.3 Å². The van der Waals surface area contributed by atoms with Gasteiger partial charge in [-0.25, -0.2) is 0 Å². The Hall–Kier alpha value is -1.11. The van der Waals surface area contributed by atoms with Crippen LogP contribution in [0.3, 0.4) is 0 Å². The maximum Gasteiger partial charge on any atom is 0.193 e. The number of hydrogen-bond donors (Lipinski definition) is 1. The fraction of sp³-hybridized carbons (Fsp3) is 0.722. The van der Waals surface area contributed by atoms with Gasteiger partial charge in [0.05, 0.1) is 25.4 Å². The molecule has 0 spiro atoms. The van der Waals surface area contributed by atoms with Crippen LogP contribution < -0.4 is 5.32 Å². The van der Waals surface area contributed by atoms with Crippen molar-refractivity contribution < 1.29 is 9.47 Å². The maximum atomic E-state index is 6.09. The Morgan fingerprint density at radius 2 is 2.25 bits per heavy atom. The first-order valence-electron chi connectivity index (χ1n) is 9.06. The van der Waals surface area contributed by atoms with Crippen molar-refractivity contribution in [1.82, 2.24) is 10.2 Å². The van der Waals surface area contributed by atoms with Crippen LogP contribution in [0.4, 0.5) is 0 Å². The van der Waals surface area contributed by atoms with Gasteiger partial charge in [0, 0.05) is 31.6 Å². The highest BCUT2D eigenvalue weighted by molar-refractivity contribution is 7.09. The van der Waals surface area contributed by atoms with Crippen molar-refractivity contribution in [1.29, 1.82) is 0 Å². The first-order chi connectivity index (χ1) is 11.8. The van der Waals surface area contributed by atoms with Crippen LogP contribution in [-0.4, -0.2) is 56.4 Å². The van der Waals surface area contributed by atoms with Crippen molar-refractivity contribution in [2.24, 2.45) is 4.99 Å². The van der Waals surface area contributed by atoms with Crippen LogP contribution in [-0.2, 0) is 16.0 Å². The minimum absolute atomic E-state index is 0.317. The number of thiophene rings is 1. The average Bonchev–Trinajstić information content (AvgIpc) is 3.16. The van der Waals surface area contributed by atoms with Crippen molar-refractivity contribution in [2.45, 2.75) is 50.9 Å². The van der Waals surface area contributed by atoms with Crippen molar-refractivity contribution in [3.63, 3.8) is 0 Å². The van der Waals surface area contributed by atoms with Crippen LogP contribution in [0.5, 0.6) is 0 Å². The smallest absolute Gasteiger partial charge is 0.193 e. The lowest BCUT2D eigenvalue weighted by atomic mass is 10.1. The summed E-state index contributed by atoms with van der Waals surface area (Å²) in [5.74, 6) is 0.998. The summed E-state index contributed by atoms with van der Waals surface area (Å²) < 4.78 is 11.8. The Labute approximate surface area is 149 Å². The molecule has 2 saturated heterocycles. The predicted octanol–water partition coefficient (Wildman–Crippen LogP) is 2.87. The summed E-state index contributed by atoms with van der Waals surface area (Å²) in [5, 5.41) is 5.58. The Balaban J connectivity index is 1.37. The van der Waals surface area contributed by atoms with Gasteiger partial charge in [0.2, 0.25) is 0 Å². The third-order valence-corrected chi connectivity index (χ3v) is 5.62. The Morgan fingerprint density at radius 3 is 2.92 bits per heavy atom.